The minimum absolute atomic E-state index is 0.0233. The van der Waals surface area contributed by atoms with Crippen molar-refractivity contribution in [2.24, 2.45) is 11.3 Å². The zero-order valence-corrected chi connectivity index (χ0v) is 10.7. The highest BCUT2D eigenvalue weighted by Crippen LogP contribution is 2.46. The Hall–Kier alpha value is -0.530. The minimum atomic E-state index is -0.214. The normalized spacial score (nSPS) is 20.7. The van der Waals surface area contributed by atoms with E-state index in [1.165, 1.54) is 12.8 Å². The lowest BCUT2D eigenvalue weighted by Crippen LogP contribution is -2.45. The van der Waals surface area contributed by atoms with Crippen molar-refractivity contribution in [3.05, 3.63) is 0 Å². The van der Waals surface area contributed by atoms with Crippen LogP contribution in [0.25, 0.3) is 0 Å². The van der Waals surface area contributed by atoms with Gasteiger partial charge in [-0.15, -0.1) is 0 Å². The van der Waals surface area contributed by atoms with Gasteiger partial charge < -0.3 is 4.74 Å². The zero-order chi connectivity index (χ0) is 11.7. The second-order valence-electron chi connectivity index (χ2n) is 6.03. The van der Waals surface area contributed by atoms with Crippen LogP contribution < -0.4 is 0 Å². The molecule has 0 atom stereocenters. The molecule has 0 N–H and O–H groups in total. The molecule has 0 unspecified atom stereocenters. The molecule has 0 aromatic carbocycles. The standard InChI is InChI=1S/C13H24O2/c1-10(2)11(14)15-13(12(3,4)5)8-6-7-9-13/h10H,6-9H2,1-5H3. The lowest BCUT2D eigenvalue weighted by molar-refractivity contribution is -0.176. The summed E-state index contributed by atoms with van der Waals surface area (Å²) in [5.41, 5.74) is -0.164. The Kier molecular flexibility index (Phi) is 3.47. The minimum Gasteiger partial charge on any atom is -0.458 e. The Balaban J connectivity index is 2.79. The molecular formula is C13H24O2. The molecule has 1 rings (SSSR count). The van der Waals surface area contributed by atoms with E-state index in [0.29, 0.717) is 0 Å². The van der Waals surface area contributed by atoms with Crippen LogP contribution in [-0.2, 0) is 9.53 Å². The first-order valence-corrected chi connectivity index (χ1v) is 6.01. The zero-order valence-electron chi connectivity index (χ0n) is 10.7. The first-order chi connectivity index (χ1) is 6.78. The van der Waals surface area contributed by atoms with E-state index >= 15 is 0 Å². The third-order valence-electron chi connectivity index (χ3n) is 3.55. The van der Waals surface area contributed by atoms with E-state index in [9.17, 15) is 4.79 Å². The van der Waals surface area contributed by atoms with E-state index < -0.39 is 0 Å². The number of rotatable bonds is 2. The van der Waals surface area contributed by atoms with Crippen molar-refractivity contribution in [1.82, 2.24) is 0 Å². The van der Waals surface area contributed by atoms with Crippen molar-refractivity contribution in [1.29, 1.82) is 0 Å². The predicted molar refractivity (Wildman–Crippen MR) is 61.6 cm³/mol. The van der Waals surface area contributed by atoms with Crippen molar-refractivity contribution < 1.29 is 9.53 Å². The number of carbonyl (C=O) groups is 1. The molecule has 0 aliphatic heterocycles. The second-order valence-corrected chi connectivity index (χ2v) is 6.03. The Morgan fingerprint density at radius 1 is 1.20 bits per heavy atom. The summed E-state index contributed by atoms with van der Waals surface area (Å²) >= 11 is 0. The highest BCUT2D eigenvalue weighted by Gasteiger charge is 2.47. The average Bonchev–Trinajstić information content (AvgIpc) is 2.52. The molecule has 1 aliphatic rings. The van der Waals surface area contributed by atoms with Crippen LogP contribution >= 0.6 is 0 Å². The smallest absolute Gasteiger partial charge is 0.308 e. The molecule has 1 aliphatic carbocycles. The molecule has 0 amide bonds. The summed E-state index contributed by atoms with van der Waals surface area (Å²) in [5.74, 6) is -0.0725. The predicted octanol–water partition coefficient (Wildman–Crippen LogP) is 3.54. The number of esters is 1. The quantitative estimate of drug-likeness (QED) is 0.654. The molecule has 0 aromatic rings. The van der Waals surface area contributed by atoms with Gasteiger partial charge in [-0.25, -0.2) is 0 Å². The second kappa shape index (κ2) is 4.15. The monoisotopic (exact) mass is 212 g/mol. The number of ether oxygens (including phenoxy) is 1. The summed E-state index contributed by atoms with van der Waals surface area (Å²) in [7, 11) is 0. The molecule has 0 heterocycles. The SMILES string of the molecule is CC(C)C(=O)OC1(C(C)(C)C)CCCC1. The molecule has 1 saturated carbocycles. The Labute approximate surface area is 93.4 Å². The molecular weight excluding hydrogens is 188 g/mol. The van der Waals surface area contributed by atoms with Crippen molar-refractivity contribution in [2.75, 3.05) is 0 Å². The summed E-state index contributed by atoms with van der Waals surface area (Å²) in [5, 5.41) is 0. The fourth-order valence-electron chi connectivity index (χ4n) is 2.26. The van der Waals surface area contributed by atoms with E-state index in [-0.39, 0.29) is 22.9 Å². The third kappa shape index (κ3) is 2.53. The van der Waals surface area contributed by atoms with Crippen molar-refractivity contribution >= 4 is 5.97 Å². The highest BCUT2D eigenvalue weighted by atomic mass is 16.6. The van der Waals surface area contributed by atoms with Crippen LogP contribution in [0.3, 0.4) is 0 Å². The Bertz CT molecular complexity index is 229. The van der Waals surface area contributed by atoms with Gasteiger partial charge >= 0.3 is 5.97 Å². The van der Waals surface area contributed by atoms with E-state index in [4.69, 9.17) is 4.74 Å². The van der Waals surface area contributed by atoms with Crippen LogP contribution in [0.5, 0.6) is 0 Å². The first-order valence-electron chi connectivity index (χ1n) is 6.01. The highest BCUT2D eigenvalue weighted by molar-refractivity contribution is 5.72. The summed E-state index contributed by atoms with van der Waals surface area (Å²) in [6.07, 6.45) is 4.41. The van der Waals surface area contributed by atoms with E-state index in [0.717, 1.165) is 12.8 Å². The van der Waals surface area contributed by atoms with Gasteiger partial charge in [-0.05, 0) is 25.7 Å². The van der Waals surface area contributed by atoms with E-state index in [1.807, 2.05) is 13.8 Å². The number of hydrogen-bond donors (Lipinski definition) is 0. The van der Waals surface area contributed by atoms with Gasteiger partial charge in [-0.1, -0.05) is 34.6 Å². The first kappa shape index (κ1) is 12.5. The van der Waals surface area contributed by atoms with Gasteiger partial charge in [-0.2, -0.15) is 0 Å². The maximum atomic E-state index is 11.7. The lowest BCUT2D eigenvalue weighted by Gasteiger charge is -2.41. The van der Waals surface area contributed by atoms with Crippen molar-refractivity contribution in [3.63, 3.8) is 0 Å². The largest absolute Gasteiger partial charge is 0.458 e. The third-order valence-corrected chi connectivity index (χ3v) is 3.55. The van der Waals surface area contributed by atoms with Crippen molar-refractivity contribution in [2.45, 2.75) is 65.9 Å². The Morgan fingerprint density at radius 3 is 2.00 bits per heavy atom. The fourth-order valence-corrected chi connectivity index (χ4v) is 2.26. The molecule has 1 fully saturated rings. The molecule has 0 radical (unpaired) electrons. The summed E-state index contributed by atoms with van der Waals surface area (Å²) in [6.45, 7) is 10.3. The van der Waals surface area contributed by atoms with Gasteiger partial charge in [0.1, 0.15) is 5.60 Å². The van der Waals surface area contributed by atoms with Crippen LogP contribution in [0.1, 0.15) is 60.3 Å². The van der Waals surface area contributed by atoms with Crippen LogP contribution in [0, 0.1) is 11.3 Å². The molecule has 2 nitrogen and oxygen atoms in total. The van der Waals surface area contributed by atoms with Gasteiger partial charge in [-0.3, -0.25) is 4.79 Å². The van der Waals surface area contributed by atoms with Crippen molar-refractivity contribution in [3.8, 4) is 0 Å². The fraction of sp³-hybridized carbons (Fsp3) is 0.923. The summed E-state index contributed by atoms with van der Waals surface area (Å²) in [6, 6.07) is 0. The van der Waals surface area contributed by atoms with E-state index in [2.05, 4.69) is 20.8 Å². The van der Waals surface area contributed by atoms with Crippen LogP contribution in [0.2, 0.25) is 0 Å². The molecule has 0 bridgehead atoms. The van der Waals surface area contributed by atoms with Gasteiger partial charge in [0.25, 0.3) is 0 Å². The molecule has 0 spiro atoms. The topological polar surface area (TPSA) is 26.3 Å². The van der Waals surface area contributed by atoms with Gasteiger partial charge in [0.05, 0.1) is 5.92 Å². The summed E-state index contributed by atoms with van der Waals surface area (Å²) < 4.78 is 5.79. The average molecular weight is 212 g/mol. The molecule has 2 heteroatoms. The maximum absolute atomic E-state index is 11.7. The lowest BCUT2D eigenvalue weighted by atomic mass is 9.75. The molecule has 0 aromatic heterocycles. The number of carbonyl (C=O) groups excluding carboxylic acids is 1. The summed E-state index contributed by atoms with van der Waals surface area (Å²) in [4.78, 5) is 11.7. The molecule has 88 valence electrons. The van der Waals surface area contributed by atoms with Gasteiger partial charge in [0.2, 0.25) is 0 Å². The van der Waals surface area contributed by atoms with Crippen LogP contribution in [0.4, 0.5) is 0 Å². The molecule has 15 heavy (non-hydrogen) atoms. The maximum Gasteiger partial charge on any atom is 0.308 e. The van der Waals surface area contributed by atoms with E-state index in [1.54, 1.807) is 0 Å². The van der Waals surface area contributed by atoms with Crippen LogP contribution in [0.15, 0.2) is 0 Å². The molecule has 0 saturated heterocycles. The number of hydrogen-bond acceptors (Lipinski definition) is 2. The van der Waals surface area contributed by atoms with Gasteiger partial charge in [0.15, 0.2) is 0 Å². The van der Waals surface area contributed by atoms with Gasteiger partial charge in [0, 0.05) is 5.41 Å². The Morgan fingerprint density at radius 2 is 1.67 bits per heavy atom. The van der Waals surface area contributed by atoms with Crippen LogP contribution in [-0.4, -0.2) is 11.6 Å².